The average Bonchev–Trinajstić information content (AvgIpc) is 3.18. The van der Waals surface area contributed by atoms with Gasteiger partial charge in [-0.1, -0.05) is 25.7 Å². The van der Waals surface area contributed by atoms with Gasteiger partial charge in [-0.15, -0.1) is 0 Å². The van der Waals surface area contributed by atoms with Crippen molar-refractivity contribution in [2.75, 3.05) is 27.9 Å². The lowest BCUT2D eigenvalue weighted by molar-refractivity contribution is -0.355. The minimum absolute atomic E-state index is 0.582. The lowest BCUT2D eigenvalue weighted by atomic mass is 10.1. The van der Waals surface area contributed by atoms with Crippen LogP contribution in [0.25, 0.3) is 0 Å². The van der Waals surface area contributed by atoms with Gasteiger partial charge >= 0.3 is 0 Å². The van der Waals surface area contributed by atoms with Gasteiger partial charge in [0.2, 0.25) is 0 Å². The first kappa shape index (κ1) is 14.9. The monoisotopic (exact) mass is 246 g/mol. The molecule has 0 aromatic rings. The molecule has 1 rings (SSSR count). The van der Waals surface area contributed by atoms with Crippen molar-refractivity contribution in [1.29, 1.82) is 0 Å². The highest BCUT2D eigenvalue weighted by atomic mass is 16.9. The molecule has 4 nitrogen and oxygen atoms in total. The van der Waals surface area contributed by atoms with E-state index in [0.717, 1.165) is 19.4 Å². The molecule has 0 spiro atoms. The van der Waals surface area contributed by atoms with Gasteiger partial charge in [-0.25, -0.2) is 0 Å². The second-order valence-corrected chi connectivity index (χ2v) is 4.56. The SMILES string of the molecule is COC(CCCCCCCC1CO1)(OC)OC. The molecule has 0 amide bonds. The molecular weight excluding hydrogens is 220 g/mol. The maximum Gasteiger partial charge on any atom is 0.282 e. The predicted octanol–water partition coefficient (Wildman–Crippen LogP) is 2.71. The number of hydrogen-bond acceptors (Lipinski definition) is 4. The molecule has 1 heterocycles. The van der Waals surface area contributed by atoms with Gasteiger partial charge in [0.05, 0.1) is 12.7 Å². The fourth-order valence-electron chi connectivity index (χ4n) is 2.03. The smallest absolute Gasteiger partial charge is 0.282 e. The molecule has 0 aromatic heterocycles. The number of rotatable bonds is 11. The normalized spacial score (nSPS) is 19.6. The summed E-state index contributed by atoms with van der Waals surface area (Å²) in [7, 11) is 4.84. The van der Waals surface area contributed by atoms with Crippen LogP contribution in [0.1, 0.15) is 44.9 Å². The first-order chi connectivity index (χ1) is 8.26. The van der Waals surface area contributed by atoms with E-state index in [1.165, 1.54) is 32.1 Å². The second kappa shape index (κ2) is 8.03. The topological polar surface area (TPSA) is 40.2 Å². The summed E-state index contributed by atoms with van der Waals surface area (Å²) in [5, 5.41) is 0. The standard InChI is InChI=1S/C13H26O4/c1-14-13(15-2,16-3)10-8-6-4-5-7-9-12-11-17-12/h12H,4-11H2,1-3H3. The van der Waals surface area contributed by atoms with Gasteiger partial charge < -0.3 is 18.9 Å². The van der Waals surface area contributed by atoms with Gasteiger partial charge in [-0.05, 0) is 12.8 Å². The Morgan fingerprint density at radius 2 is 1.47 bits per heavy atom. The van der Waals surface area contributed by atoms with E-state index in [1.54, 1.807) is 21.3 Å². The van der Waals surface area contributed by atoms with Crippen LogP contribution in [0.2, 0.25) is 0 Å². The minimum atomic E-state index is -0.845. The van der Waals surface area contributed by atoms with E-state index in [9.17, 15) is 0 Å². The first-order valence-corrected chi connectivity index (χ1v) is 6.53. The molecule has 0 N–H and O–H groups in total. The van der Waals surface area contributed by atoms with Crippen molar-refractivity contribution in [2.45, 2.75) is 57.0 Å². The zero-order valence-electron chi connectivity index (χ0n) is 11.4. The van der Waals surface area contributed by atoms with E-state index >= 15 is 0 Å². The summed E-state index contributed by atoms with van der Waals surface area (Å²) in [5.41, 5.74) is 0. The van der Waals surface area contributed by atoms with E-state index in [0.29, 0.717) is 6.10 Å². The zero-order valence-corrected chi connectivity index (χ0v) is 11.4. The minimum Gasteiger partial charge on any atom is -0.373 e. The molecule has 0 saturated carbocycles. The molecule has 1 saturated heterocycles. The third kappa shape index (κ3) is 5.82. The van der Waals surface area contributed by atoms with Crippen molar-refractivity contribution >= 4 is 0 Å². The van der Waals surface area contributed by atoms with Crippen LogP contribution in [0, 0.1) is 0 Å². The van der Waals surface area contributed by atoms with Crippen molar-refractivity contribution in [2.24, 2.45) is 0 Å². The van der Waals surface area contributed by atoms with E-state index in [1.807, 2.05) is 0 Å². The number of methoxy groups -OCH3 is 3. The number of unbranched alkanes of at least 4 members (excludes halogenated alkanes) is 4. The van der Waals surface area contributed by atoms with E-state index < -0.39 is 5.97 Å². The summed E-state index contributed by atoms with van der Waals surface area (Å²) < 4.78 is 20.9. The molecular formula is C13H26O4. The Kier molecular flexibility index (Phi) is 7.04. The average molecular weight is 246 g/mol. The third-order valence-corrected chi connectivity index (χ3v) is 3.34. The van der Waals surface area contributed by atoms with Gasteiger partial charge in [-0.3, -0.25) is 0 Å². The Bertz CT molecular complexity index is 180. The number of hydrogen-bond donors (Lipinski definition) is 0. The molecule has 1 aliphatic rings. The Morgan fingerprint density at radius 1 is 0.941 bits per heavy atom. The Morgan fingerprint density at radius 3 is 2.00 bits per heavy atom. The van der Waals surface area contributed by atoms with Crippen LogP contribution < -0.4 is 0 Å². The fourth-order valence-corrected chi connectivity index (χ4v) is 2.03. The van der Waals surface area contributed by atoms with Crippen LogP contribution in [-0.4, -0.2) is 40.0 Å². The molecule has 17 heavy (non-hydrogen) atoms. The fraction of sp³-hybridized carbons (Fsp3) is 1.00. The molecule has 0 radical (unpaired) electrons. The Hall–Kier alpha value is -0.160. The lowest BCUT2D eigenvalue weighted by Crippen LogP contribution is -2.35. The van der Waals surface area contributed by atoms with E-state index in [4.69, 9.17) is 18.9 Å². The molecule has 1 fully saturated rings. The highest BCUT2D eigenvalue weighted by Crippen LogP contribution is 2.22. The van der Waals surface area contributed by atoms with Crippen molar-refractivity contribution in [1.82, 2.24) is 0 Å². The number of epoxide rings is 1. The Balaban J connectivity index is 1.93. The largest absolute Gasteiger partial charge is 0.373 e. The van der Waals surface area contributed by atoms with Crippen molar-refractivity contribution in [3.63, 3.8) is 0 Å². The summed E-state index contributed by atoms with van der Waals surface area (Å²) in [4.78, 5) is 0. The first-order valence-electron chi connectivity index (χ1n) is 6.53. The maximum absolute atomic E-state index is 5.24. The molecule has 0 aromatic carbocycles. The summed E-state index contributed by atoms with van der Waals surface area (Å²) in [5.74, 6) is -0.845. The maximum atomic E-state index is 5.24. The van der Waals surface area contributed by atoms with Crippen LogP contribution in [0.3, 0.4) is 0 Å². The van der Waals surface area contributed by atoms with Gasteiger partial charge in [0, 0.05) is 27.8 Å². The summed E-state index contributed by atoms with van der Waals surface area (Å²) >= 11 is 0. The molecule has 0 aliphatic carbocycles. The van der Waals surface area contributed by atoms with Crippen LogP contribution in [0.5, 0.6) is 0 Å². The quantitative estimate of drug-likeness (QED) is 0.319. The van der Waals surface area contributed by atoms with Crippen LogP contribution in [-0.2, 0) is 18.9 Å². The highest BCUT2D eigenvalue weighted by molar-refractivity contribution is 4.68. The summed E-state index contributed by atoms with van der Waals surface area (Å²) in [6.07, 6.45) is 8.70. The molecule has 102 valence electrons. The summed E-state index contributed by atoms with van der Waals surface area (Å²) in [6.45, 7) is 0.984. The third-order valence-electron chi connectivity index (χ3n) is 3.34. The predicted molar refractivity (Wildman–Crippen MR) is 65.8 cm³/mol. The van der Waals surface area contributed by atoms with Crippen molar-refractivity contribution in [3.8, 4) is 0 Å². The molecule has 1 atom stereocenters. The molecule has 0 bridgehead atoms. The molecule has 4 heteroatoms. The van der Waals surface area contributed by atoms with Gasteiger partial charge in [-0.2, -0.15) is 0 Å². The Labute approximate surface area is 105 Å². The molecule has 1 unspecified atom stereocenters. The van der Waals surface area contributed by atoms with E-state index in [-0.39, 0.29) is 0 Å². The van der Waals surface area contributed by atoms with E-state index in [2.05, 4.69) is 0 Å². The van der Waals surface area contributed by atoms with Gasteiger partial charge in [0.15, 0.2) is 0 Å². The lowest BCUT2D eigenvalue weighted by Gasteiger charge is -2.28. The van der Waals surface area contributed by atoms with Gasteiger partial charge in [0.25, 0.3) is 5.97 Å². The van der Waals surface area contributed by atoms with Gasteiger partial charge in [0.1, 0.15) is 0 Å². The van der Waals surface area contributed by atoms with Crippen LogP contribution in [0.4, 0.5) is 0 Å². The second-order valence-electron chi connectivity index (χ2n) is 4.56. The zero-order chi connectivity index (χ0) is 12.6. The molecule has 1 aliphatic heterocycles. The highest BCUT2D eigenvalue weighted by Gasteiger charge is 2.28. The van der Waals surface area contributed by atoms with Crippen LogP contribution >= 0.6 is 0 Å². The van der Waals surface area contributed by atoms with Crippen molar-refractivity contribution < 1.29 is 18.9 Å². The van der Waals surface area contributed by atoms with Crippen molar-refractivity contribution in [3.05, 3.63) is 0 Å². The number of ether oxygens (including phenoxy) is 4. The summed E-state index contributed by atoms with van der Waals surface area (Å²) in [6, 6.07) is 0. The van der Waals surface area contributed by atoms with Crippen LogP contribution in [0.15, 0.2) is 0 Å².